The molecule has 0 aromatic heterocycles. The number of nitrogens with zero attached hydrogens (tertiary/aromatic N) is 1. The van der Waals surface area contributed by atoms with Crippen LogP contribution in [0.3, 0.4) is 0 Å². The van der Waals surface area contributed by atoms with E-state index < -0.39 is 20.0 Å². The van der Waals surface area contributed by atoms with Crippen LogP contribution < -0.4 is 5.32 Å². The molecule has 3 atom stereocenters. The number of hydrogen-bond donors (Lipinski definition) is 3. The molecule has 0 aliphatic heterocycles. The first-order valence-corrected chi connectivity index (χ1v) is 32.2. The second-order valence-electron chi connectivity index (χ2n) is 22.1. The van der Waals surface area contributed by atoms with Crippen molar-refractivity contribution in [1.29, 1.82) is 0 Å². The smallest absolute Gasteiger partial charge is 0.387 e. The number of unbranched alkanes of at least 4 members (excludes halogenated alkanes) is 35. The highest BCUT2D eigenvalue weighted by atomic mass is 31.2. The molecule has 0 aliphatic carbocycles. The third kappa shape index (κ3) is 55.9. The van der Waals surface area contributed by atoms with Crippen molar-refractivity contribution in [3.05, 3.63) is 60.8 Å². The van der Waals surface area contributed by atoms with Crippen LogP contribution >= 0.6 is 7.82 Å². The van der Waals surface area contributed by atoms with Gasteiger partial charge in [-0.25, -0.2) is 4.57 Å². The van der Waals surface area contributed by atoms with Gasteiger partial charge in [-0.05, 0) is 77.0 Å². The number of likely N-dealkylation sites (N-methyl/N-ethyl adjacent to an activating group) is 1. The van der Waals surface area contributed by atoms with Crippen molar-refractivity contribution in [2.75, 3.05) is 40.9 Å². The van der Waals surface area contributed by atoms with Gasteiger partial charge in [-0.15, -0.1) is 0 Å². The fourth-order valence-electron chi connectivity index (χ4n) is 8.87. The van der Waals surface area contributed by atoms with E-state index in [2.05, 4.69) is 67.8 Å². The quantitative estimate of drug-likeness (QED) is 0.0243. The first kappa shape index (κ1) is 70.2. The van der Waals surface area contributed by atoms with Gasteiger partial charge in [0, 0.05) is 6.42 Å². The number of allylic oxidation sites excluding steroid dienone is 9. The first-order valence-electron chi connectivity index (χ1n) is 30.7. The number of carbonyl (C=O) groups is 1. The highest BCUT2D eigenvalue weighted by molar-refractivity contribution is 7.47. The Labute approximate surface area is 447 Å². The standard InChI is InChI=1S/C63H119N2O6P/c1-6-8-10-12-14-16-18-20-22-23-24-25-26-27-28-29-30-31-32-33-34-35-36-37-38-39-40-41-43-45-47-49-51-53-55-57-63(67)64-61(60-71-72(68,69)70-59-58-65(3,4)5)62(66)56-54-52-50-48-46-44-42-21-19-17-15-13-11-9-7-2/h18-21,23-24,46,48,54,56,61-62,66H,6-17,22,25-45,47,49-53,55,57-60H2,1-5H3,(H-,64,67,68,69)/p+1/b20-18-,21-19+,24-23-,48-46+,56-54+. The van der Waals surface area contributed by atoms with Crippen molar-refractivity contribution in [3.8, 4) is 0 Å². The van der Waals surface area contributed by atoms with E-state index in [4.69, 9.17) is 9.05 Å². The zero-order chi connectivity index (χ0) is 52.7. The second-order valence-corrected chi connectivity index (χ2v) is 23.5. The van der Waals surface area contributed by atoms with E-state index in [1.54, 1.807) is 6.08 Å². The SMILES string of the molecule is CCCCCCC/C=C\C/C=C\CCCCCCCCCCCCCCCCCCCCCCCCCC(=O)NC(COP(=O)(O)OCC[N+](C)(C)C)C(O)/C=C/CC/C=C/CC/C=C/CCCCCCC. The van der Waals surface area contributed by atoms with Crippen LogP contribution in [0.1, 0.15) is 284 Å². The summed E-state index contributed by atoms with van der Waals surface area (Å²) in [6.07, 6.45) is 73.5. The van der Waals surface area contributed by atoms with E-state index in [1.807, 2.05) is 27.2 Å². The van der Waals surface area contributed by atoms with E-state index in [0.29, 0.717) is 17.4 Å². The van der Waals surface area contributed by atoms with Gasteiger partial charge in [-0.2, -0.15) is 0 Å². The lowest BCUT2D eigenvalue weighted by Gasteiger charge is -2.25. The number of quaternary nitrogens is 1. The summed E-state index contributed by atoms with van der Waals surface area (Å²) in [4.78, 5) is 23.3. The van der Waals surface area contributed by atoms with Gasteiger partial charge in [-0.1, -0.05) is 261 Å². The number of amides is 1. The Morgan fingerprint density at radius 3 is 1.19 bits per heavy atom. The summed E-state index contributed by atoms with van der Waals surface area (Å²) in [5, 5.41) is 13.9. The minimum Gasteiger partial charge on any atom is -0.387 e. The van der Waals surface area contributed by atoms with Crippen LogP contribution in [0.15, 0.2) is 60.8 Å². The Kier molecular flexibility index (Phi) is 52.7. The normalized spacial score (nSPS) is 14.3. The number of phosphoric acid groups is 1. The van der Waals surface area contributed by atoms with Crippen molar-refractivity contribution in [3.63, 3.8) is 0 Å². The lowest BCUT2D eigenvalue weighted by Crippen LogP contribution is -2.45. The summed E-state index contributed by atoms with van der Waals surface area (Å²) in [7, 11) is 1.55. The van der Waals surface area contributed by atoms with Gasteiger partial charge in [-0.3, -0.25) is 13.8 Å². The highest BCUT2D eigenvalue weighted by Crippen LogP contribution is 2.43. The monoisotopic (exact) mass is 1030 g/mol. The Balaban J connectivity index is 4.01. The molecule has 3 unspecified atom stereocenters. The van der Waals surface area contributed by atoms with Crippen molar-refractivity contribution in [2.45, 2.75) is 296 Å². The van der Waals surface area contributed by atoms with Crippen molar-refractivity contribution >= 4 is 13.7 Å². The Morgan fingerprint density at radius 1 is 0.472 bits per heavy atom. The van der Waals surface area contributed by atoms with Crippen LogP contribution in [0.25, 0.3) is 0 Å². The molecule has 72 heavy (non-hydrogen) atoms. The van der Waals surface area contributed by atoms with Gasteiger partial charge < -0.3 is 19.8 Å². The molecule has 0 saturated carbocycles. The fourth-order valence-corrected chi connectivity index (χ4v) is 9.61. The zero-order valence-electron chi connectivity index (χ0n) is 48.2. The molecule has 0 aliphatic rings. The minimum absolute atomic E-state index is 0.0534. The van der Waals surface area contributed by atoms with Gasteiger partial charge in [0.15, 0.2) is 0 Å². The molecule has 0 heterocycles. The molecule has 9 heteroatoms. The predicted octanol–water partition coefficient (Wildman–Crippen LogP) is 18.9. The molecule has 0 fully saturated rings. The summed E-state index contributed by atoms with van der Waals surface area (Å²) < 4.78 is 23.7. The van der Waals surface area contributed by atoms with Crippen molar-refractivity contribution in [1.82, 2.24) is 5.32 Å². The molecule has 0 aromatic rings. The summed E-state index contributed by atoms with van der Waals surface area (Å²) in [6.45, 7) is 4.78. The Hall–Kier alpha value is -1.80. The van der Waals surface area contributed by atoms with Gasteiger partial charge in [0.2, 0.25) is 5.91 Å². The summed E-state index contributed by atoms with van der Waals surface area (Å²) >= 11 is 0. The average Bonchev–Trinajstić information content (AvgIpc) is 3.34. The Morgan fingerprint density at radius 2 is 0.806 bits per heavy atom. The maximum Gasteiger partial charge on any atom is 0.472 e. The third-order valence-corrected chi connectivity index (χ3v) is 14.7. The van der Waals surface area contributed by atoms with Gasteiger partial charge in [0.25, 0.3) is 0 Å². The number of aliphatic hydroxyl groups is 1. The maximum absolute atomic E-state index is 13.0. The maximum atomic E-state index is 13.0. The summed E-state index contributed by atoms with van der Waals surface area (Å²) in [5.41, 5.74) is 0. The lowest BCUT2D eigenvalue weighted by molar-refractivity contribution is -0.870. The zero-order valence-corrected chi connectivity index (χ0v) is 49.1. The molecule has 8 nitrogen and oxygen atoms in total. The van der Waals surface area contributed by atoms with Crippen molar-refractivity contribution < 1.29 is 32.9 Å². The predicted molar refractivity (Wildman–Crippen MR) is 314 cm³/mol. The lowest BCUT2D eigenvalue weighted by atomic mass is 10.0. The van der Waals surface area contributed by atoms with E-state index in [0.717, 1.165) is 51.4 Å². The third-order valence-electron chi connectivity index (χ3n) is 13.7. The van der Waals surface area contributed by atoms with Crippen LogP contribution in [-0.4, -0.2) is 73.4 Å². The minimum atomic E-state index is -4.36. The van der Waals surface area contributed by atoms with Gasteiger partial charge >= 0.3 is 7.82 Å². The molecular weight excluding hydrogens is 912 g/mol. The average molecular weight is 1030 g/mol. The molecule has 0 rings (SSSR count). The number of rotatable bonds is 56. The van der Waals surface area contributed by atoms with E-state index in [-0.39, 0.29) is 19.1 Å². The summed E-state index contributed by atoms with van der Waals surface area (Å²) in [5.74, 6) is -0.188. The highest BCUT2D eigenvalue weighted by Gasteiger charge is 2.27. The largest absolute Gasteiger partial charge is 0.472 e. The van der Waals surface area contributed by atoms with E-state index in [9.17, 15) is 19.4 Å². The molecule has 0 spiro atoms. The molecule has 3 N–H and O–H groups in total. The number of carbonyl (C=O) groups excluding carboxylic acids is 1. The molecule has 1 amide bonds. The molecule has 0 bridgehead atoms. The van der Waals surface area contributed by atoms with E-state index >= 15 is 0 Å². The van der Waals surface area contributed by atoms with Crippen LogP contribution in [-0.2, 0) is 18.4 Å². The first-order chi connectivity index (χ1) is 35.0. The second kappa shape index (κ2) is 54.0. The van der Waals surface area contributed by atoms with Crippen molar-refractivity contribution in [2.24, 2.45) is 0 Å². The van der Waals surface area contributed by atoms with Crippen LogP contribution in [0, 0.1) is 0 Å². The van der Waals surface area contributed by atoms with Crippen LogP contribution in [0.2, 0.25) is 0 Å². The molecule has 0 aromatic carbocycles. The number of hydrogen-bond acceptors (Lipinski definition) is 5. The molecule has 0 radical (unpaired) electrons. The fraction of sp³-hybridized carbons (Fsp3) is 0.825. The van der Waals surface area contributed by atoms with Crippen LogP contribution in [0.5, 0.6) is 0 Å². The summed E-state index contributed by atoms with van der Waals surface area (Å²) in [6, 6.07) is -0.869. The topological polar surface area (TPSA) is 105 Å². The number of aliphatic hydroxyl groups excluding tert-OH is 1. The molecule has 422 valence electrons. The Bertz CT molecular complexity index is 1360. The van der Waals surface area contributed by atoms with Crippen LogP contribution in [0.4, 0.5) is 0 Å². The van der Waals surface area contributed by atoms with Gasteiger partial charge in [0.05, 0.1) is 39.9 Å². The molecule has 0 saturated heterocycles. The number of nitrogens with one attached hydrogen (secondary N) is 1. The van der Waals surface area contributed by atoms with E-state index in [1.165, 1.54) is 212 Å². The van der Waals surface area contributed by atoms with Gasteiger partial charge in [0.1, 0.15) is 13.2 Å². The number of phosphoric ester groups is 1. The molecular formula is C63H120N2O6P+.